The number of nitrogens with two attached hydrogens (primary N) is 1. The third kappa shape index (κ3) is 5.73. The van der Waals surface area contributed by atoms with Gasteiger partial charge >= 0.3 is 0 Å². The largest absolute Gasteiger partial charge is 0.487 e. The molecule has 0 amide bonds. The second-order valence-corrected chi connectivity index (χ2v) is 8.66. The van der Waals surface area contributed by atoms with Gasteiger partial charge in [0, 0.05) is 54.8 Å². The highest BCUT2D eigenvalue weighted by Crippen LogP contribution is 2.38. The number of aromatic amines is 1. The van der Waals surface area contributed by atoms with Crippen LogP contribution in [0.3, 0.4) is 0 Å². The van der Waals surface area contributed by atoms with Gasteiger partial charge in [0.15, 0.2) is 11.6 Å². The van der Waals surface area contributed by atoms with E-state index in [-0.39, 0.29) is 11.9 Å². The van der Waals surface area contributed by atoms with Crippen molar-refractivity contribution in [3.63, 3.8) is 0 Å². The van der Waals surface area contributed by atoms with E-state index in [1.54, 1.807) is 12.4 Å². The summed E-state index contributed by atoms with van der Waals surface area (Å²) in [5.74, 6) is 3.30. The molecule has 1 aliphatic carbocycles. The van der Waals surface area contributed by atoms with Gasteiger partial charge in [0.25, 0.3) is 0 Å². The highest BCUT2D eigenvalue weighted by Gasteiger charge is 2.27. The van der Waals surface area contributed by atoms with E-state index in [0.29, 0.717) is 24.5 Å². The number of allylic oxidation sites excluding steroid dienone is 3. The summed E-state index contributed by atoms with van der Waals surface area (Å²) in [6.07, 6.45) is 16.7. The van der Waals surface area contributed by atoms with Crippen molar-refractivity contribution < 1.29 is 9.13 Å². The van der Waals surface area contributed by atoms with Crippen molar-refractivity contribution in [2.45, 2.75) is 45.1 Å². The van der Waals surface area contributed by atoms with Crippen LogP contribution in [0, 0.1) is 18.3 Å². The molecule has 1 unspecified atom stereocenters. The molecule has 0 saturated heterocycles. The molecule has 0 spiro atoms. The fraction of sp³-hybridized carbons (Fsp3) is 0.346. The standard InChI is InChI=1S/C26H29FN6O/c1-4-5-6-20(27)10-7-17(2)34-24-14-19(16-29-26(24)28)25-22(15-21-11-12-30-31-21)32-33(3)23(25)13-18-8-9-18/h1,5-6,10-12,14,16-18H,7-9,13,15H2,2-3H3,(H2,28,29)(H,30,31)/b6-5-,20-10+. The van der Waals surface area contributed by atoms with Crippen LogP contribution < -0.4 is 10.5 Å². The molecule has 3 aromatic rings. The fourth-order valence-corrected chi connectivity index (χ4v) is 3.90. The number of anilines is 1. The number of nitrogens with one attached hydrogen (secondary N) is 1. The Kier molecular flexibility index (Phi) is 7.12. The van der Waals surface area contributed by atoms with Crippen LogP contribution in [0.15, 0.2) is 48.6 Å². The van der Waals surface area contributed by atoms with Crippen molar-refractivity contribution in [1.82, 2.24) is 25.0 Å². The summed E-state index contributed by atoms with van der Waals surface area (Å²) in [6, 6.07) is 3.85. The summed E-state index contributed by atoms with van der Waals surface area (Å²) in [4.78, 5) is 4.40. The second kappa shape index (κ2) is 10.4. The predicted molar refractivity (Wildman–Crippen MR) is 131 cm³/mol. The van der Waals surface area contributed by atoms with Crippen molar-refractivity contribution in [2.75, 3.05) is 5.73 Å². The first-order valence-corrected chi connectivity index (χ1v) is 11.4. The molecule has 3 aromatic heterocycles. The number of hydrogen-bond donors (Lipinski definition) is 2. The number of aromatic nitrogens is 5. The lowest BCUT2D eigenvalue weighted by atomic mass is 9.99. The van der Waals surface area contributed by atoms with Gasteiger partial charge in [-0.2, -0.15) is 10.2 Å². The Labute approximate surface area is 198 Å². The summed E-state index contributed by atoms with van der Waals surface area (Å²) in [6.45, 7) is 1.85. The molecule has 0 aromatic carbocycles. The number of H-pyrrole nitrogens is 1. The summed E-state index contributed by atoms with van der Waals surface area (Å²) < 4.78 is 21.8. The van der Waals surface area contributed by atoms with Crippen LogP contribution in [0.1, 0.15) is 43.3 Å². The van der Waals surface area contributed by atoms with Crippen LogP contribution in [0.4, 0.5) is 10.2 Å². The van der Waals surface area contributed by atoms with E-state index in [1.807, 2.05) is 30.8 Å². The molecule has 34 heavy (non-hydrogen) atoms. The molecule has 176 valence electrons. The lowest BCUT2D eigenvalue weighted by molar-refractivity contribution is 0.225. The lowest BCUT2D eigenvalue weighted by Gasteiger charge is -2.16. The van der Waals surface area contributed by atoms with E-state index in [0.717, 1.165) is 28.9 Å². The predicted octanol–water partition coefficient (Wildman–Crippen LogP) is 4.53. The molecule has 3 heterocycles. The van der Waals surface area contributed by atoms with Crippen LogP contribution in [0.25, 0.3) is 11.1 Å². The Bertz CT molecular complexity index is 1230. The number of rotatable bonds is 10. The SMILES string of the molecule is C#C/C=C\C(F)=C/CC(C)Oc1cc(-c2c(Cc3ccn[nH]3)nn(C)c2CC2CC2)cnc1N. The zero-order chi connectivity index (χ0) is 24.1. The van der Waals surface area contributed by atoms with Gasteiger partial charge in [-0.05, 0) is 62.5 Å². The van der Waals surface area contributed by atoms with Crippen LogP contribution in [-0.4, -0.2) is 31.1 Å². The Hall–Kier alpha value is -3.86. The molecular weight excluding hydrogens is 431 g/mol. The van der Waals surface area contributed by atoms with Gasteiger partial charge in [0.1, 0.15) is 5.83 Å². The quantitative estimate of drug-likeness (QED) is 0.342. The van der Waals surface area contributed by atoms with Gasteiger partial charge in [0.2, 0.25) is 0 Å². The van der Waals surface area contributed by atoms with Gasteiger partial charge < -0.3 is 10.5 Å². The number of pyridine rings is 1. The molecule has 8 heteroatoms. The number of nitrogen functional groups attached to an aromatic ring is 1. The molecule has 1 fully saturated rings. The third-order valence-electron chi connectivity index (χ3n) is 5.82. The molecule has 0 bridgehead atoms. The van der Waals surface area contributed by atoms with Crippen molar-refractivity contribution in [2.24, 2.45) is 13.0 Å². The van der Waals surface area contributed by atoms with Gasteiger partial charge in [0.05, 0.1) is 11.8 Å². The topological polar surface area (TPSA) is 94.6 Å². The number of hydrogen-bond acceptors (Lipinski definition) is 5. The molecule has 0 radical (unpaired) electrons. The summed E-state index contributed by atoms with van der Waals surface area (Å²) in [7, 11) is 1.98. The molecule has 1 atom stereocenters. The monoisotopic (exact) mass is 460 g/mol. The minimum atomic E-state index is -0.406. The van der Waals surface area contributed by atoms with Crippen LogP contribution >= 0.6 is 0 Å². The molecule has 1 aliphatic rings. The Morgan fingerprint density at radius 1 is 1.47 bits per heavy atom. The maximum atomic E-state index is 13.8. The molecule has 7 nitrogen and oxygen atoms in total. The van der Waals surface area contributed by atoms with E-state index in [4.69, 9.17) is 22.0 Å². The van der Waals surface area contributed by atoms with Gasteiger partial charge in [-0.3, -0.25) is 9.78 Å². The number of aryl methyl sites for hydroxylation is 1. The van der Waals surface area contributed by atoms with Crippen molar-refractivity contribution in [3.8, 4) is 29.2 Å². The molecule has 4 rings (SSSR count). The first-order chi connectivity index (χ1) is 16.4. The number of halogens is 1. The Balaban J connectivity index is 1.62. The highest BCUT2D eigenvalue weighted by atomic mass is 19.1. The number of terminal acetylenes is 1. The van der Waals surface area contributed by atoms with Crippen LogP contribution in [0.5, 0.6) is 5.75 Å². The van der Waals surface area contributed by atoms with Gasteiger partial charge in [-0.15, -0.1) is 6.42 Å². The normalized spacial score (nSPS) is 14.9. The molecule has 3 N–H and O–H groups in total. The van der Waals surface area contributed by atoms with E-state index in [2.05, 4.69) is 21.1 Å². The first-order valence-electron chi connectivity index (χ1n) is 11.4. The first kappa shape index (κ1) is 23.3. The van der Waals surface area contributed by atoms with Crippen LogP contribution in [0.2, 0.25) is 0 Å². The van der Waals surface area contributed by atoms with Gasteiger partial charge in [-0.25, -0.2) is 9.37 Å². The van der Waals surface area contributed by atoms with E-state index in [9.17, 15) is 4.39 Å². The fourth-order valence-electron chi connectivity index (χ4n) is 3.90. The van der Waals surface area contributed by atoms with Crippen molar-refractivity contribution in [3.05, 3.63) is 65.7 Å². The number of nitrogens with zero attached hydrogens (tertiary/aromatic N) is 4. The zero-order valence-electron chi connectivity index (χ0n) is 19.5. The van der Waals surface area contributed by atoms with E-state index >= 15 is 0 Å². The smallest absolute Gasteiger partial charge is 0.166 e. The summed E-state index contributed by atoms with van der Waals surface area (Å²) in [5, 5.41) is 11.9. The van der Waals surface area contributed by atoms with Crippen LogP contribution in [-0.2, 0) is 19.9 Å². The number of ether oxygens (including phenoxy) is 1. The maximum absolute atomic E-state index is 13.8. The average Bonchev–Trinajstić information content (AvgIpc) is 3.39. The maximum Gasteiger partial charge on any atom is 0.166 e. The minimum Gasteiger partial charge on any atom is -0.487 e. The lowest BCUT2D eigenvalue weighted by Crippen LogP contribution is -2.12. The van der Waals surface area contributed by atoms with Crippen molar-refractivity contribution in [1.29, 1.82) is 0 Å². The zero-order valence-corrected chi connectivity index (χ0v) is 19.5. The second-order valence-electron chi connectivity index (χ2n) is 8.66. The Morgan fingerprint density at radius 3 is 3.00 bits per heavy atom. The van der Waals surface area contributed by atoms with Gasteiger partial charge in [-0.1, -0.05) is 5.92 Å². The van der Waals surface area contributed by atoms with Crippen molar-refractivity contribution >= 4 is 5.82 Å². The average molecular weight is 461 g/mol. The Morgan fingerprint density at radius 2 is 2.29 bits per heavy atom. The molecule has 1 saturated carbocycles. The summed E-state index contributed by atoms with van der Waals surface area (Å²) in [5.41, 5.74) is 11.2. The van der Waals surface area contributed by atoms with E-state index < -0.39 is 5.83 Å². The summed E-state index contributed by atoms with van der Waals surface area (Å²) >= 11 is 0. The molecular formula is C26H29FN6O. The minimum absolute atomic E-state index is 0.287. The highest BCUT2D eigenvalue weighted by molar-refractivity contribution is 5.72. The molecule has 0 aliphatic heterocycles. The third-order valence-corrected chi connectivity index (χ3v) is 5.82. The van der Waals surface area contributed by atoms with E-state index in [1.165, 1.54) is 36.8 Å².